The largest absolute Gasteiger partial charge is 0.379 e. The zero-order chi connectivity index (χ0) is 15.8. The molecule has 2 amide bonds. The van der Waals surface area contributed by atoms with E-state index in [0.717, 1.165) is 57.9 Å². The summed E-state index contributed by atoms with van der Waals surface area (Å²) in [7, 11) is 0. The van der Waals surface area contributed by atoms with Gasteiger partial charge in [-0.3, -0.25) is 4.90 Å². The van der Waals surface area contributed by atoms with Gasteiger partial charge in [0.05, 0.1) is 13.2 Å². The minimum Gasteiger partial charge on any atom is -0.379 e. The van der Waals surface area contributed by atoms with E-state index in [1.807, 2.05) is 17.8 Å². The highest BCUT2D eigenvalue weighted by Crippen LogP contribution is 2.33. The highest BCUT2D eigenvalue weighted by molar-refractivity contribution is 7.99. The molecule has 2 atom stereocenters. The molecule has 2 aliphatic rings. The normalized spacial score (nSPS) is 27.3. The fourth-order valence-electron chi connectivity index (χ4n) is 3.14. The molecule has 2 unspecified atom stereocenters. The van der Waals surface area contributed by atoms with Gasteiger partial charge in [-0.2, -0.15) is 11.8 Å². The molecular formula is C16H29N3O2S. The Hall–Kier alpha value is -0.720. The van der Waals surface area contributed by atoms with Crippen molar-refractivity contribution in [2.24, 2.45) is 0 Å². The van der Waals surface area contributed by atoms with E-state index in [0.29, 0.717) is 0 Å². The van der Waals surface area contributed by atoms with Crippen LogP contribution in [0, 0.1) is 0 Å². The van der Waals surface area contributed by atoms with Crippen LogP contribution < -0.4 is 10.6 Å². The van der Waals surface area contributed by atoms with Crippen LogP contribution in [0.2, 0.25) is 0 Å². The number of hydrogen-bond acceptors (Lipinski definition) is 4. The van der Waals surface area contributed by atoms with Gasteiger partial charge in [-0.25, -0.2) is 4.79 Å². The monoisotopic (exact) mass is 327 g/mol. The van der Waals surface area contributed by atoms with Gasteiger partial charge in [0.2, 0.25) is 0 Å². The molecule has 0 aliphatic carbocycles. The molecule has 0 spiro atoms. The van der Waals surface area contributed by atoms with Gasteiger partial charge in [-0.05, 0) is 25.0 Å². The summed E-state index contributed by atoms with van der Waals surface area (Å²) in [4.78, 5) is 14.7. The van der Waals surface area contributed by atoms with Gasteiger partial charge in [-0.1, -0.05) is 13.0 Å². The second-order valence-electron chi connectivity index (χ2n) is 6.08. The molecule has 0 saturated carbocycles. The zero-order valence-corrected chi connectivity index (χ0v) is 14.4. The smallest absolute Gasteiger partial charge is 0.315 e. The predicted octanol–water partition coefficient (Wildman–Crippen LogP) is 1.85. The van der Waals surface area contributed by atoms with Crippen molar-refractivity contribution < 1.29 is 9.53 Å². The van der Waals surface area contributed by atoms with Crippen LogP contribution in [0.4, 0.5) is 4.79 Å². The molecule has 0 aromatic heterocycles. The van der Waals surface area contributed by atoms with Crippen molar-refractivity contribution in [2.75, 3.05) is 44.4 Å². The van der Waals surface area contributed by atoms with Crippen molar-refractivity contribution in [1.82, 2.24) is 15.5 Å². The number of carbonyl (C=O) groups excluding carboxylic acids is 1. The third-order valence-corrected chi connectivity index (χ3v) is 5.86. The van der Waals surface area contributed by atoms with Gasteiger partial charge in [0.25, 0.3) is 0 Å². The molecule has 0 aromatic carbocycles. The summed E-state index contributed by atoms with van der Waals surface area (Å²) in [5, 5.41) is 6.15. The second-order valence-corrected chi connectivity index (χ2v) is 7.19. The molecule has 0 radical (unpaired) electrons. The molecule has 2 fully saturated rings. The highest BCUT2D eigenvalue weighted by atomic mass is 32.2. The molecule has 22 heavy (non-hydrogen) atoms. The molecule has 0 bridgehead atoms. The quantitative estimate of drug-likeness (QED) is 0.701. The topological polar surface area (TPSA) is 53.6 Å². The van der Waals surface area contributed by atoms with Crippen molar-refractivity contribution in [3.8, 4) is 0 Å². The Morgan fingerprint density at radius 1 is 1.50 bits per heavy atom. The maximum atomic E-state index is 12.2. The Balaban J connectivity index is 1.86. The lowest BCUT2D eigenvalue weighted by atomic mass is 9.95. The molecule has 2 rings (SSSR count). The lowest BCUT2D eigenvalue weighted by Crippen LogP contribution is -2.60. The number of thioether (sulfide) groups is 1. The maximum absolute atomic E-state index is 12.2. The van der Waals surface area contributed by atoms with E-state index in [9.17, 15) is 4.79 Å². The number of hydrogen-bond donors (Lipinski definition) is 2. The molecule has 2 heterocycles. The number of nitrogens with one attached hydrogen (secondary N) is 2. The summed E-state index contributed by atoms with van der Waals surface area (Å²) < 4.78 is 5.47. The van der Waals surface area contributed by atoms with E-state index < -0.39 is 0 Å². The van der Waals surface area contributed by atoms with Gasteiger partial charge >= 0.3 is 6.03 Å². The highest BCUT2D eigenvalue weighted by Gasteiger charge is 2.40. The lowest BCUT2D eigenvalue weighted by molar-refractivity contribution is -0.0124. The van der Waals surface area contributed by atoms with Crippen LogP contribution in [0.15, 0.2) is 12.7 Å². The second kappa shape index (κ2) is 8.79. The van der Waals surface area contributed by atoms with Crippen molar-refractivity contribution in [3.63, 3.8) is 0 Å². The summed E-state index contributed by atoms with van der Waals surface area (Å²) in [6, 6.07) is 0.119. The average molecular weight is 327 g/mol. The minimum atomic E-state index is -0.0572. The molecule has 2 aliphatic heterocycles. The standard InChI is InChI=1S/C16H29N3O2S/c1-3-5-14(4-2)18-15(20)17-12-16(6-11-22-13-16)19-7-9-21-10-8-19/h3,14H,1,4-13H2,2H3,(H2,17,18,20). The van der Waals surface area contributed by atoms with E-state index in [1.54, 1.807) is 0 Å². The van der Waals surface area contributed by atoms with Gasteiger partial charge in [-0.15, -0.1) is 6.58 Å². The lowest BCUT2D eigenvalue weighted by Gasteiger charge is -2.43. The minimum absolute atomic E-state index is 0.0572. The van der Waals surface area contributed by atoms with Crippen molar-refractivity contribution in [2.45, 2.75) is 37.8 Å². The number of rotatable bonds is 7. The van der Waals surface area contributed by atoms with E-state index in [-0.39, 0.29) is 17.6 Å². The van der Waals surface area contributed by atoms with Crippen LogP contribution >= 0.6 is 11.8 Å². The third kappa shape index (κ3) is 4.64. The maximum Gasteiger partial charge on any atom is 0.315 e. The van der Waals surface area contributed by atoms with Gasteiger partial charge in [0.15, 0.2) is 0 Å². The SMILES string of the molecule is C=CCC(CC)NC(=O)NCC1(N2CCOCC2)CCSC1. The summed E-state index contributed by atoms with van der Waals surface area (Å²) in [5.41, 5.74) is 0.103. The summed E-state index contributed by atoms with van der Waals surface area (Å²) in [6.45, 7) is 10.1. The van der Waals surface area contributed by atoms with Gasteiger partial charge in [0.1, 0.15) is 0 Å². The van der Waals surface area contributed by atoms with Crippen molar-refractivity contribution in [1.29, 1.82) is 0 Å². The predicted molar refractivity (Wildman–Crippen MR) is 92.5 cm³/mol. The first-order valence-electron chi connectivity index (χ1n) is 8.26. The molecule has 2 saturated heterocycles. The first-order valence-corrected chi connectivity index (χ1v) is 9.41. The molecule has 5 nitrogen and oxygen atoms in total. The first kappa shape index (κ1) is 17.6. The summed E-state index contributed by atoms with van der Waals surface area (Å²) >= 11 is 1.99. The van der Waals surface area contributed by atoms with E-state index in [1.165, 1.54) is 5.75 Å². The van der Waals surface area contributed by atoms with Crippen LogP contribution in [-0.4, -0.2) is 66.9 Å². The molecule has 126 valence electrons. The molecular weight excluding hydrogens is 298 g/mol. The Morgan fingerprint density at radius 2 is 2.27 bits per heavy atom. The van der Waals surface area contributed by atoms with Gasteiger partial charge in [0, 0.05) is 37.0 Å². The van der Waals surface area contributed by atoms with E-state index in [2.05, 4.69) is 29.0 Å². The summed E-state index contributed by atoms with van der Waals surface area (Å²) in [6.07, 6.45) is 4.73. The third-order valence-electron chi connectivity index (χ3n) is 4.62. The van der Waals surface area contributed by atoms with Crippen molar-refractivity contribution in [3.05, 3.63) is 12.7 Å². The number of morpholine rings is 1. The van der Waals surface area contributed by atoms with Crippen LogP contribution in [-0.2, 0) is 4.74 Å². The Morgan fingerprint density at radius 3 is 2.86 bits per heavy atom. The Kier molecular flexibility index (Phi) is 7.05. The molecule has 6 heteroatoms. The van der Waals surface area contributed by atoms with Gasteiger partial charge < -0.3 is 15.4 Å². The fraction of sp³-hybridized carbons (Fsp3) is 0.812. The van der Waals surface area contributed by atoms with E-state index in [4.69, 9.17) is 4.74 Å². The number of urea groups is 1. The number of ether oxygens (including phenoxy) is 1. The fourth-order valence-corrected chi connectivity index (χ4v) is 4.62. The molecule has 2 N–H and O–H groups in total. The number of amides is 2. The van der Waals surface area contributed by atoms with Crippen molar-refractivity contribution >= 4 is 17.8 Å². The Labute approximate surface area is 138 Å². The van der Waals surface area contributed by atoms with Crippen LogP contribution in [0.1, 0.15) is 26.2 Å². The first-order chi connectivity index (χ1) is 10.7. The summed E-state index contributed by atoms with van der Waals surface area (Å²) in [5.74, 6) is 2.27. The Bertz CT molecular complexity index is 366. The molecule has 0 aromatic rings. The van der Waals surface area contributed by atoms with Crippen LogP contribution in [0.3, 0.4) is 0 Å². The van der Waals surface area contributed by atoms with E-state index >= 15 is 0 Å². The zero-order valence-electron chi connectivity index (χ0n) is 13.6. The number of carbonyl (C=O) groups is 1. The van der Waals surface area contributed by atoms with Crippen LogP contribution in [0.5, 0.6) is 0 Å². The number of nitrogens with zero attached hydrogens (tertiary/aromatic N) is 1. The average Bonchev–Trinajstić information content (AvgIpc) is 3.03. The van der Waals surface area contributed by atoms with Crippen LogP contribution in [0.25, 0.3) is 0 Å².